The van der Waals surface area contributed by atoms with Crippen molar-refractivity contribution in [2.75, 3.05) is 33.2 Å². The van der Waals surface area contributed by atoms with E-state index in [9.17, 15) is 0 Å². The van der Waals surface area contributed by atoms with Gasteiger partial charge < -0.3 is 15.1 Å². The van der Waals surface area contributed by atoms with Crippen molar-refractivity contribution < 1.29 is 4.42 Å². The highest BCUT2D eigenvalue weighted by Gasteiger charge is 2.29. The highest BCUT2D eigenvalue weighted by Crippen LogP contribution is 2.27. The Bertz CT molecular complexity index is 368. The molecule has 96 valence electrons. The Hall–Kier alpha value is -0.360. The summed E-state index contributed by atoms with van der Waals surface area (Å²) in [5, 5.41) is 0. The van der Waals surface area contributed by atoms with Gasteiger partial charge in [-0.2, -0.15) is 0 Å². The van der Waals surface area contributed by atoms with Crippen molar-refractivity contribution in [3.05, 3.63) is 22.6 Å². The second-order valence-corrected chi connectivity index (χ2v) is 5.52. The van der Waals surface area contributed by atoms with Crippen LogP contribution in [0.15, 0.2) is 21.2 Å². The van der Waals surface area contributed by atoms with Crippen LogP contribution in [-0.4, -0.2) is 49.1 Å². The third kappa shape index (κ3) is 2.91. The molecule has 0 radical (unpaired) electrons. The molecule has 1 aliphatic rings. The first-order valence-electron chi connectivity index (χ1n) is 6.01. The molecule has 2 heterocycles. The maximum absolute atomic E-state index is 5.91. The van der Waals surface area contributed by atoms with E-state index in [1.54, 1.807) is 0 Å². The minimum absolute atomic E-state index is 0.185. The number of nitrogens with zero attached hydrogens (tertiary/aromatic N) is 2. The monoisotopic (exact) mass is 301 g/mol. The van der Waals surface area contributed by atoms with Crippen LogP contribution in [0, 0.1) is 0 Å². The molecular weight excluding hydrogens is 282 g/mol. The van der Waals surface area contributed by atoms with Crippen LogP contribution in [0.2, 0.25) is 0 Å². The largest absolute Gasteiger partial charge is 0.453 e. The van der Waals surface area contributed by atoms with Gasteiger partial charge in [0.2, 0.25) is 0 Å². The Morgan fingerprint density at radius 2 is 2.29 bits per heavy atom. The molecule has 0 amide bonds. The van der Waals surface area contributed by atoms with Gasteiger partial charge in [-0.1, -0.05) is 0 Å². The lowest BCUT2D eigenvalue weighted by Gasteiger charge is -2.41. The number of halogens is 1. The topological polar surface area (TPSA) is 45.6 Å². The third-order valence-corrected chi connectivity index (χ3v) is 3.85. The molecule has 5 heteroatoms. The summed E-state index contributed by atoms with van der Waals surface area (Å²) in [6, 6.07) is 4.63. The Labute approximate surface area is 111 Å². The summed E-state index contributed by atoms with van der Waals surface area (Å²) < 4.78 is 6.42. The highest BCUT2D eigenvalue weighted by atomic mass is 79.9. The van der Waals surface area contributed by atoms with E-state index in [0.717, 1.165) is 30.1 Å². The Morgan fingerprint density at radius 3 is 2.82 bits per heavy atom. The molecule has 1 aromatic heterocycles. The Balaban J connectivity index is 2.13. The van der Waals surface area contributed by atoms with Crippen molar-refractivity contribution in [2.45, 2.75) is 19.0 Å². The summed E-state index contributed by atoms with van der Waals surface area (Å²) in [7, 11) is 2.16. The molecule has 4 nitrogen and oxygen atoms in total. The molecule has 0 spiro atoms. The van der Waals surface area contributed by atoms with E-state index >= 15 is 0 Å². The van der Waals surface area contributed by atoms with Crippen LogP contribution < -0.4 is 5.73 Å². The Morgan fingerprint density at radius 1 is 1.53 bits per heavy atom. The lowest BCUT2D eigenvalue weighted by molar-refractivity contribution is 0.0548. The number of likely N-dealkylation sites (N-methyl/N-ethyl adjacent to an activating group) is 1. The van der Waals surface area contributed by atoms with Crippen LogP contribution in [0.4, 0.5) is 0 Å². The molecule has 2 N–H and O–H groups in total. The van der Waals surface area contributed by atoms with Gasteiger partial charge in [-0.3, -0.25) is 4.90 Å². The quantitative estimate of drug-likeness (QED) is 0.923. The van der Waals surface area contributed by atoms with Gasteiger partial charge in [0.05, 0.1) is 6.04 Å². The summed E-state index contributed by atoms with van der Waals surface area (Å²) in [6.45, 7) is 6.04. The maximum Gasteiger partial charge on any atom is 0.169 e. The highest BCUT2D eigenvalue weighted by molar-refractivity contribution is 9.10. The molecule has 1 saturated heterocycles. The molecule has 0 bridgehead atoms. The SMILES string of the molecule is CC1CN(C)CCN1C(CN)c1ccc(Br)o1. The van der Waals surface area contributed by atoms with Gasteiger partial charge >= 0.3 is 0 Å². The summed E-state index contributed by atoms with van der Waals surface area (Å²) >= 11 is 3.34. The van der Waals surface area contributed by atoms with Crippen molar-refractivity contribution in [3.8, 4) is 0 Å². The third-order valence-electron chi connectivity index (χ3n) is 3.43. The van der Waals surface area contributed by atoms with E-state index in [-0.39, 0.29) is 6.04 Å². The molecule has 2 atom stereocenters. The zero-order valence-electron chi connectivity index (χ0n) is 10.4. The van der Waals surface area contributed by atoms with E-state index in [0.29, 0.717) is 12.6 Å². The summed E-state index contributed by atoms with van der Waals surface area (Å²) in [5.74, 6) is 0.954. The van der Waals surface area contributed by atoms with Crippen LogP contribution in [0.1, 0.15) is 18.7 Å². The average molecular weight is 302 g/mol. The summed E-state index contributed by atoms with van der Waals surface area (Å²) in [6.07, 6.45) is 0. The molecule has 2 unspecified atom stereocenters. The van der Waals surface area contributed by atoms with Gasteiger partial charge in [-0.25, -0.2) is 0 Å². The molecule has 0 saturated carbocycles. The molecular formula is C12H20BrN3O. The number of hydrogen-bond acceptors (Lipinski definition) is 4. The fraction of sp³-hybridized carbons (Fsp3) is 0.667. The van der Waals surface area contributed by atoms with Gasteiger partial charge in [0.15, 0.2) is 4.67 Å². The molecule has 0 aromatic carbocycles. The molecule has 2 rings (SSSR count). The Kier molecular flexibility index (Phi) is 4.25. The zero-order valence-corrected chi connectivity index (χ0v) is 12.0. The number of hydrogen-bond donors (Lipinski definition) is 1. The van der Waals surface area contributed by atoms with Crippen molar-refractivity contribution in [1.29, 1.82) is 0 Å². The van der Waals surface area contributed by atoms with Gasteiger partial charge in [-0.05, 0) is 42.0 Å². The first-order valence-corrected chi connectivity index (χ1v) is 6.80. The van der Waals surface area contributed by atoms with Gasteiger partial charge in [0.25, 0.3) is 0 Å². The first kappa shape index (κ1) is 13.1. The number of nitrogens with two attached hydrogens (primary N) is 1. The van der Waals surface area contributed by atoms with E-state index in [2.05, 4.69) is 39.7 Å². The molecule has 1 aliphatic heterocycles. The van der Waals surface area contributed by atoms with Gasteiger partial charge in [0.1, 0.15) is 5.76 Å². The summed E-state index contributed by atoms with van der Waals surface area (Å²) in [4.78, 5) is 4.79. The van der Waals surface area contributed by atoms with Gasteiger partial charge in [-0.15, -0.1) is 0 Å². The second-order valence-electron chi connectivity index (χ2n) is 4.74. The maximum atomic E-state index is 5.91. The summed E-state index contributed by atoms with van der Waals surface area (Å²) in [5.41, 5.74) is 5.91. The van der Waals surface area contributed by atoms with Crippen LogP contribution in [-0.2, 0) is 0 Å². The van der Waals surface area contributed by atoms with Crippen molar-refractivity contribution in [1.82, 2.24) is 9.80 Å². The predicted molar refractivity (Wildman–Crippen MR) is 71.9 cm³/mol. The molecule has 17 heavy (non-hydrogen) atoms. The minimum atomic E-state index is 0.185. The zero-order chi connectivity index (χ0) is 12.4. The normalized spacial score (nSPS) is 25.1. The van der Waals surface area contributed by atoms with Crippen LogP contribution >= 0.6 is 15.9 Å². The van der Waals surface area contributed by atoms with Crippen LogP contribution in [0.3, 0.4) is 0 Å². The smallest absolute Gasteiger partial charge is 0.169 e. The fourth-order valence-electron chi connectivity index (χ4n) is 2.54. The fourth-order valence-corrected chi connectivity index (χ4v) is 2.86. The number of furan rings is 1. The van der Waals surface area contributed by atoms with Crippen LogP contribution in [0.5, 0.6) is 0 Å². The lowest BCUT2D eigenvalue weighted by atomic mass is 10.1. The second kappa shape index (κ2) is 5.52. The predicted octanol–water partition coefficient (Wildman–Crippen LogP) is 1.68. The average Bonchev–Trinajstić information content (AvgIpc) is 2.69. The first-order chi connectivity index (χ1) is 8.11. The van der Waals surface area contributed by atoms with Crippen LogP contribution in [0.25, 0.3) is 0 Å². The van der Waals surface area contributed by atoms with Crippen molar-refractivity contribution in [3.63, 3.8) is 0 Å². The molecule has 0 aliphatic carbocycles. The number of piperazine rings is 1. The van der Waals surface area contributed by atoms with E-state index < -0.39 is 0 Å². The van der Waals surface area contributed by atoms with E-state index in [1.165, 1.54) is 0 Å². The van der Waals surface area contributed by atoms with Crippen molar-refractivity contribution in [2.24, 2.45) is 5.73 Å². The standard InChI is InChI=1S/C12H20BrN3O/c1-9-8-15(2)5-6-16(9)10(7-14)11-3-4-12(13)17-11/h3-4,9-10H,5-8,14H2,1-2H3. The lowest BCUT2D eigenvalue weighted by Crippen LogP contribution is -2.52. The molecule has 1 aromatic rings. The van der Waals surface area contributed by atoms with Crippen molar-refractivity contribution >= 4 is 15.9 Å². The van der Waals surface area contributed by atoms with E-state index in [1.807, 2.05) is 12.1 Å². The van der Waals surface area contributed by atoms with E-state index in [4.69, 9.17) is 10.2 Å². The number of rotatable bonds is 3. The van der Waals surface area contributed by atoms with Gasteiger partial charge in [0, 0.05) is 32.2 Å². The minimum Gasteiger partial charge on any atom is -0.453 e. The molecule has 1 fully saturated rings.